The number of hydrogen-bond donors (Lipinski definition) is 3. The van der Waals surface area contributed by atoms with Crippen molar-refractivity contribution in [1.82, 2.24) is 5.32 Å². The first-order valence-corrected chi connectivity index (χ1v) is 8.30. The van der Waals surface area contributed by atoms with Crippen molar-refractivity contribution in [3.63, 3.8) is 0 Å². The van der Waals surface area contributed by atoms with E-state index >= 15 is 0 Å². The molecule has 138 valence electrons. The zero-order valence-electron chi connectivity index (χ0n) is 14.1. The number of anilines is 2. The van der Waals surface area contributed by atoms with E-state index in [1.165, 1.54) is 18.2 Å². The maximum atomic E-state index is 13.2. The van der Waals surface area contributed by atoms with Gasteiger partial charge in [-0.3, -0.25) is 9.59 Å². The highest BCUT2D eigenvalue weighted by Crippen LogP contribution is 2.17. The summed E-state index contributed by atoms with van der Waals surface area (Å²) in [4.78, 5) is 24.6. The van der Waals surface area contributed by atoms with Gasteiger partial charge in [0.05, 0.1) is 5.92 Å². The summed E-state index contributed by atoms with van der Waals surface area (Å²) >= 11 is 0. The monoisotopic (exact) mass is 377 g/mol. The van der Waals surface area contributed by atoms with Crippen molar-refractivity contribution >= 4 is 35.6 Å². The Morgan fingerprint density at radius 2 is 1.77 bits per heavy atom. The zero-order valence-corrected chi connectivity index (χ0v) is 14.9. The van der Waals surface area contributed by atoms with Crippen molar-refractivity contribution in [2.45, 2.75) is 12.8 Å². The van der Waals surface area contributed by atoms with Gasteiger partial charge in [0.2, 0.25) is 5.91 Å². The van der Waals surface area contributed by atoms with Crippen LogP contribution in [0.1, 0.15) is 23.2 Å². The highest BCUT2D eigenvalue weighted by molar-refractivity contribution is 6.05. The van der Waals surface area contributed by atoms with Gasteiger partial charge in [-0.25, -0.2) is 4.39 Å². The second-order valence-electron chi connectivity index (χ2n) is 6.08. The molecule has 0 saturated carbocycles. The molecule has 1 aliphatic heterocycles. The minimum absolute atomic E-state index is 0. The number of carbonyl (C=O) groups excluding carboxylic acids is 2. The van der Waals surface area contributed by atoms with Crippen LogP contribution in [0.2, 0.25) is 0 Å². The van der Waals surface area contributed by atoms with Crippen molar-refractivity contribution in [3.05, 3.63) is 59.9 Å². The molecule has 26 heavy (non-hydrogen) atoms. The minimum Gasteiger partial charge on any atom is -0.326 e. The molecule has 2 aromatic rings. The van der Waals surface area contributed by atoms with Crippen LogP contribution in [-0.2, 0) is 4.79 Å². The molecule has 0 bridgehead atoms. The van der Waals surface area contributed by atoms with Crippen LogP contribution in [0.3, 0.4) is 0 Å². The summed E-state index contributed by atoms with van der Waals surface area (Å²) in [5.41, 5.74) is 1.35. The number of benzene rings is 2. The molecule has 2 aromatic carbocycles. The summed E-state index contributed by atoms with van der Waals surface area (Å²) in [5, 5.41) is 8.71. The Balaban J connectivity index is 0.00000243. The predicted octanol–water partition coefficient (Wildman–Crippen LogP) is 3.44. The molecule has 2 amide bonds. The first kappa shape index (κ1) is 19.9. The van der Waals surface area contributed by atoms with E-state index in [2.05, 4.69) is 16.0 Å². The van der Waals surface area contributed by atoms with Gasteiger partial charge in [-0.15, -0.1) is 12.4 Å². The van der Waals surface area contributed by atoms with E-state index in [0.717, 1.165) is 19.4 Å². The Hall–Kier alpha value is -2.44. The van der Waals surface area contributed by atoms with Crippen LogP contribution in [0.4, 0.5) is 15.8 Å². The molecule has 3 N–H and O–H groups in total. The first-order chi connectivity index (χ1) is 12.1. The number of amides is 2. The van der Waals surface area contributed by atoms with Gasteiger partial charge in [0.25, 0.3) is 5.91 Å². The van der Waals surface area contributed by atoms with E-state index in [9.17, 15) is 14.0 Å². The summed E-state index contributed by atoms with van der Waals surface area (Å²) in [5.74, 6) is -0.880. The van der Waals surface area contributed by atoms with Crippen molar-refractivity contribution in [1.29, 1.82) is 0 Å². The molecule has 1 heterocycles. The van der Waals surface area contributed by atoms with Gasteiger partial charge in [-0.05, 0) is 55.8 Å². The fraction of sp³-hybridized carbons (Fsp3) is 0.263. The summed E-state index contributed by atoms with van der Waals surface area (Å²) in [6.07, 6.45) is 1.84. The van der Waals surface area contributed by atoms with E-state index in [0.29, 0.717) is 23.5 Å². The normalized spacial score (nSPS) is 16.3. The average Bonchev–Trinajstić information content (AvgIpc) is 2.62. The molecular formula is C19H21ClFN3O2. The standard InChI is InChI=1S/C19H20FN3O2.ClH/c20-15-6-2-8-17(11-15)23-18(24)13-4-1-7-16(10-13)22-19(25)14-5-3-9-21-12-14;/h1-2,4,6-8,10-11,14,21H,3,5,9,12H2,(H,22,25)(H,23,24);1H. The molecule has 7 heteroatoms. The van der Waals surface area contributed by atoms with Crippen LogP contribution in [0.15, 0.2) is 48.5 Å². The third-order valence-electron chi connectivity index (χ3n) is 4.14. The second-order valence-corrected chi connectivity index (χ2v) is 6.08. The van der Waals surface area contributed by atoms with Crippen molar-refractivity contribution < 1.29 is 14.0 Å². The van der Waals surface area contributed by atoms with Crippen LogP contribution in [0, 0.1) is 11.7 Å². The lowest BCUT2D eigenvalue weighted by atomic mass is 9.98. The Kier molecular flexibility index (Phi) is 7.12. The molecule has 0 aromatic heterocycles. The number of piperidine rings is 1. The van der Waals surface area contributed by atoms with Crippen LogP contribution in [-0.4, -0.2) is 24.9 Å². The molecule has 0 spiro atoms. The Bertz CT molecular complexity index is 779. The fourth-order valence-corrected chi connectivity index (χ4v) is 2.83. The quantitative estimate of drug-likeness (QED) is 0.764. The van der Waals surface area contributed by atoms with E-state index in [4.69, 9.17) is 0 Å². The van der Waals surface area contributed by atoms with Gasteiger partial charge >= 0.3 is 0 Å². The third kappa shape index (κ3) is 5.28. The van der Waals surface area contributed by atoms with Gasteiger partial charge in [-0.1, -0.05) is 12.1 Å². The van der Waals surface area contributed by atoms with E-state index in [-0.39, 0.29) is 30.1 Å². The molecule has 3 rings (SSSR count). The van der Waals surface area contributed by atoms with E-state index < -0.39 is 5.82 Å². The van der Waals surface area contributed by atoms with Gasteiger partial charge in [0.15, 0.2) is 0 Å². The zero-order chi connectivity index (χ0) is 17.6. The highest BCUT2D eigenvalue weighted by Gasteiger charge is 2.21. The predicted molar refractivity (Wildman–Crippen MR) is 102 cm³/mol. The fourth-order valence-electron chi connectivity index (χ4n) is 2.83. The molecule has 0 radical (unpaired) electrons. The van der Waals surface area contributed by atoms with Crippen LogP contribution in [0.25, 0.3) is 0 Å². The lowest BCUT2D eigenvalue weighted by Crippen LogP contribution is -2.37. The minimum atomic E-state index is -0.417. The molecule has 1 unspecified atom stereocenters. The molecule has 0 aliphatic carbocycles. The van der Waals surface area contributed by atoms with Crippen molar-refractivity contribution in [2.75, 3.05) is 23.7 Å². The number of halogens is 2. The molecule has 1 atom stereocenters. The van der Waals surface area contributed by atoms with Gasteiger partial charge in [0.1, 0.15) is 5.82 Å². The average molecular weight is 378 g/mol. The largest absolute Gasteiger partial charge is 0.326 e. The topological polar surface area (TPSA) is 70.2 Å². The third-order valence-corrected chi connectivity index (χ3v) is 4.14. The number of hydrogen-bond acceptors (Lipinski definition) is 3. The summed E-state index contributed by atoms with van der Waals surface area (Å²) < 4.78 is 13.2. The van der Waals surface area contributed by atoms with Crippen LogP contribution in [0.5, 0.6) is 0 Å². The maximum Gasteiger partial charge on any atom is 0.255 e. The first-order valence-electron chi connectivity index (χ1n) is 8.30. The van der Waals surface area contributed by atoms with Gasteiger partial charge in [-0.2, -0.15) is 0 Å². The Morgan fingerprint density at radius 1 is 1.04 bits per heavy atom. The molecular weight excluding hydrogens is 357 g/mol. The van der Waals surface area contributed by atoms with Gasteiger partial charge < -0.3 is 16.0 Å². The molecule has 5 nitrogen and oxygen atoms in total. The smallest absolute Gasteiger partial charge is 0.255 e. The summed E-state index contributed by atoms with van der Waals surface area (Å²) in [6, 6.07) is 12.4. The Morgan fingerprint density at radius 3 is 2.46 bits per heavy atom. The number of carbonyl (C=O) groups is 2. The number of nitrogens with one attached hydrogen (secondary N) is 3. The molecule has 1 fully saturated rings. The summed E-state index contributed by atoms with van der Waals surface area (Å²) in [6.45, 7) is 1.62. The molecule has 1 aliphatic rings. The van der Waals surface area contributed by atoms with E-state index in [1.807, 2.05) is 0 Å². The second kappa shape index (κ2) is 9.31. The molecule has 1 saturated heterocycles. The number of rotatable bonds is 4. The van der Waals surface area contributed by atoms with E-state index in [1.54, 1.807) is 30.3 Å². The lowest BCUT2D eigenvalue weighted by molar-refractivity contribution is -0.120. The Labute approximate surface area is 157 Å². The SMILES string of the molecule is Cl.O=C(Nc1cccc(F)c1)c1cccc(NC(=O)C2CCCNC2)c1. The maximum absolute atomic E-state index is 13.2. The van der Waals surface area contributed by atoms with Crippen LogP contribution < -0.4 is 16.0 Å². The van der Waals surface area contributed by atoms with Gasteiger partial charge in [0, 0.05) is 23.5 Å². The lowest BCUT2D eigenvalue weighted by Gasteiger charge is -2.22. The van der Waals surface area contributed by atoms with Crippen molar-refractivity contribution in [3.8, 4) is 0 Å². The summed E-state index contributed by atoms with van der Waals surface area (Å²) in [7, 11) is 0. The van der Waals surface area contributed by atoms with Crippen molar-refractivity contribution in [2.24, 2.45) is 5.92 Å². The van der Waals surface area contributed by atoms with Crippen LogP contribution >= 0.6 is 12.4 Å². The highest BCUT2D eigenvalue weighted by atomic mass is 35.5.